The number of pyridine rings is 1. The van der Waals surface area contributed by atoms with Crippen LogP contribution in [0.4, 0.5) is 0 Å². The van der Waals surface area contributed by atoms with Crippen molar-refractivity contribution >= 4 is 29.5 Å². The zero-order valence-corrected chi connectivity index (χ0v) is 15.2. The zero-order valence-electron chi connectivity index (χ0n) is 13.6. The average molecular weight is 375 g/mol. The van der Waals surface area contributed by atoms with Crippen LogP contribution in [0.3, 0.4) is 0 Å². The summed E-state index contributed by atoms with van der Waals surface area (Å²) in [5.41, 5.74) is 0.930. The summed E-state index contributed by atoms with van der Waals surface area (Å²) in [6.45, 7) is 0.889. The maximum atomic E-state index is 12.1. The molecule has 0 bridgehead atoms. The van der Waals surface area contributed by atoms with E-state index in [1.54, 1.807) is 30.7 Å². The largest absolute Gasteiger partial charge is 0.481 e. The number of aromatic nitrogens is 4. The third-order valence-corrected chi connectivity index (χ3v) is 4.74. The van der Waals surface area contributed by atoms with Crippen LogP contribution in [0, 0.1) is 4.77 Å². The lowest BCUT2D eigenvalue weighted by molar-refractivity contribution is -0.121. The molecule has 0 saturated carbocycles. The van der Waals surface area contributed by atoms with Gasteiger partial charge in [-0.1, -0.05) is 6.07 Å². The van der Waals surface area contributed by atoms with E-state index in [1.165, 1.54) is 0 Å². The van der Waals surface area contributed by atoms with E-state index in [-0.39, 0.29) is 5.91 Å². The number of nitrogens with zero attached hydrogens (tertiary/aromatic N) is 3. The van der Waals surface area contributed by atoms with Gasteiger partial charge in [-0.15, -0.1) is 11.3 Å². The van der Waals surface area contributed by atoms with Crippen LogP contribution in [-0.4, -0.2) is 32.8 Å². The van der Waals surface area contributed by atoms with Gasteiger partial charge in [-0.25, -0.2) is 4.98 Å². The van der Waals surface area contributed by atoms with Gasteiger partial charge in [0.2, 0.25) is 11.8 Å². The van der Waals surface area contributed by atoms with Crippen LogP contribution in [0.15, 0.2) is 35.8 Å². The summed E-state index contributed by atoms with van der Waals surface area (Å²) in [5, 5.41) is 11.9. The van der Waals surface area contributed by atoms with Gasteiger partial charge in [-0.3, -0.25) is 14.5 Å². The van der Waals surface area contributed by atoms with Crippen molar-refractivity contribution in [2.45, 2.75) is 19.5 Å². The van der Waals surface area contributed by atoms with Crippen molar-refractivity contribution in [3.05, 3.63) is 46.2 Å². The number of amides is 1. The Hall–Kier alpha value is -2.52. The van der Waals surface area contributed by atoms with E-state index in [0.717, 1.165) is 16.3 Å². The summed E-state index contributed by atoms with van der Waals surface area (Å²) in [5.74, 6) is 1.22. The van der Waals surface area contributed by atoms with Crippen LogP contribution in [-0.2, 0) is 17.9 Å². The van der Waals surface area contributed by atoms with Crippen molar-refractivity contribution in [2.24, 2.45) is 0 Å². The number of H-pyrrole nitrogens is 1. The van der Waals surface area contributed by atoms with Crippen molar-refractivity contribution in [1.82, 2.24) is 25.1 Å². The number of rotatable bonds is 7. The second kappa shape index (κ2) is 8.04. The smallest absolute Gasteiger partial charge is 0.222 e. The third kappa shape index (κ3) is 4.31. The Labute approximate surface area is 153 Å². The molecule has 0 aliphatic rings. The highest BCUT2D eigenvalue weighted by molar-refractivity contribution is 7.71. The maximum Gasteiger partial charge on any atom is 0.222 e. The van der Waals surface area contributed by atoms with E-state index in [9.17, 15) is 4.79 Å². The molecule has 3 heterocycles. The molecule has 0 atom stereocenters. The summed E-state index contributed by atoms with van der Waals surface area (Å²) >= 11 is 6.85. The van der Waals surface area contributed by atoms with E-state index in [0.29, 0.717) is 30.2 Å². The zero-order chi connectivity index (χ0) is 17.6. The first-order valence-corrected chi connectivity index (χ1v) is 8.91. The first-order valence-electron chi connectivity index (χ1n) is 7.62. The summed E-state index contributed by atoms with van der Waals surface area (Å²) in [6, 6.07) is 7.56. The van der Waals surface area contributed by atoms with Gasteiger partial charge < -0.3 is 10.1 Å². The predicted octanol–water partition coefficient (Wildman–Crippen LogP) is 2.78. The maximum absolute atomic E-state index is 12.1. The molecule has 7 nitrogen and oxygen atoms in total. The Morgan fingerprint density at radius 3 is 3.12 bits per heavy atom. The van der Waals surface area contributed by atoms with Crippen molar-refractivity contribution in [1.29, 1.82) is 0 Å². The van der Waals surface area contributed by atoms with Gasteiger partial charge in [0.05, 0.1) is 12.0 Å². The van der Waals surface area contributed by atoms with Gasteiger partial charge in [0.15, 0.2) is 10.6 Å². The molecule has 0 saturated heterocycles. The average Bonchev–Trinajstić information content (AvgIpc) is 3.28. The Morgan fingerprint density at radius 1 is 1.48 bits per heavy atom. The number of ether oxygens (including phenoxy) is 1. The Kier molecular flexibility index (Phi) is 5.56. The number of hydrogen-bond acceptors (Lipinski definition) is 6. The fraction of sp³-hybridized carbons (Fsp3) is 0.250. The summed E-state index contributed by atoms with van der Waals surface area (Å²) in [6.07, 6.45) is 1.97. The number of methoxy groups -OCH3 is 1. The molecule has 3 aromatic heterocycles. The molecule has 0 aliphatic carbocycles. The second-order valence-electron chi connectivity index (χ2n) is 5.21. The highest BCUT2D eigenvalue weighted by atomic mass is 32.1. The quantitative estimate of drug-likeness (QED) is 0.620. The number of carbonyl (C=O) groups is 1. The Balaban J connectivity index is 1.58. The van der Waals surface area contributed by atoms with Crippen LogP contribution in [0.5, 0.6) is 5.88 Å². The molecule has 3 rings (SSSR count). The number of nitrogens with one attached hydrogen (secondary N) is 2. The van der Waals surface area contributed by atoms with Gasteiger partial charge in [-0.2, -0.15) is 5.10 Å². The molecule has 0 aliphatic heterocycles. The topological polar surface area (TPSA) is 84.8 Å². The first-order chi connectivity index (χ1) is 12.2. The molecule has 0 fully saturated rings. The van der Waals surface area contributed by atoms with Crippen molar-refractivity contribution in [3.8, 4) is 16.6 Å². The standard InChI is InChI=1S/C16H17N5O2S2/c1-23-14-9-11(4-6-17-14)10-18-13(22)5-7-21-15(19-20-16(21)24)12-3-2-8-25-12/h2-4,6,8-9H,5,7,10H2,1H3,(H,18,22)(H,20,24). The van der Waals surface area contributed by atoms with Crippen molar-refractivity contribution in [2.75, 3.05) is 7.11 Å². The molecule has 0 spiro atoms. The van der Waals surface area contributed by atoms with E-state index in [1.807, 2.05) is 28.1 Å². The molecule has 25 heavy (non-hydrogen) atoms. The molecule has 130 valence electrons. The molecular weight excluding hydrogens is 358 g/mol. The molecular formula is C16H17N5O2S2. The van der Waals surface area contributed by atoms with Crippen LogP contribution < -0.4 is 10.1 Å². The number of hydrogen-bond donors (Lipinski definition) is 2. The lowest BCUT2D eigenvalue weighted by Crippen LogP contribution is -2.24. The lowest BCUT2D eigenvalue weighted by atomic mass is 10.2. The van der Waals surface area contributed by atoms with Crippen molar-refractivity contribution < 1.29 is 9.53 Å². The van der Waals surface area contributed by atoms with Crippen LogP contribution >= 0.6 is 23.6 Å². The molecule has 0 unspecified atom stereocenters. The molecule has 0 aromatic carbocycles. The minimum atomic E-state index is -0.0593. The van der Waals surface area contributed by atoms with E-state index in [4.69, 9.17) is 17.0 Å². The van der Waals surface area contributed by atoms with Gasteiger partial charge in [-0.05, 0) is 35.3 Å². The molecule has 2 N–H and O–H groups in total. The van der Waals surface area contributed by atoms with E-state index in [2.05, 4.69) is 20.5 Å². The Morgan fingerprint density at radius 2 is 2.36 bits per heavy atom. The second-order valence-corrected chi connectivity index (χ2v) is 6.55. The summed E-state index contributed by atoms with van der Waals surface area (Å²) in [4.78, 5) is 17.2. The minimum absolute atomic E-state index is 0.0593. The predicted molar refractivity (Wildman–Crippen MR) is 98.0 cm³/mol. The fourth-order valence-electron chi connectivity index (χ4n) is 2.29. The molecule has 1 amide bonds. The first kappa shape index (κ1) is 17.3. The molecule has 3 aromatic rings. The van der Waals surface area contributed by atoms with Gasteiger partial charge in [0.25, 0.3) is 0 Å². The molecule has 0 radical (unpaired) electrons. The fourth-order valence-corrected chi connectivity index (χ4v) is 3.24. The van der Waals surface area contributed by atoms with Crippen LogP contribution in [0.2, 0.25) is 0 Å². The minimum Gasteiger partial charge on any atom is -0.481 e. The normalized spacial score (nSPS) is 10.6. The van der Waals surface area contributed by atoms with Crippen molar-refractivity contribution in [3.63, 3.8) is 0 Å². The number of carbonyl (C=O) groups excluding carboxylic acids is 1. The monoisotopic (exact) mass is 375 g/mol. The summed E-state index contributed by atoms with van der Waals surface area (Å²) < 4.78 is 7.42. The van der Waals surface area contributed by atoms with Crippen LogP contribution in [0.1, 0.15) is 12.0 Å². The van der Waals surface area contributed by atoms with Gasteiger partial charge in [0.1, 0.15) is 0 Å². The molecule has 9 heteroatoms. The number of aromatic amines is 1. The highest BCUT2D eigenvalue weighted by Crippen LogP contribution is 2.22. The summed E-state index contributed by atoms with van der Waals surface area (Å²) in [7, 11) is 1.56. The highest BCUT2D eigenvalue weighted by Gasteiger charge is 2.11. The third-order valence-electron chi connectivity index (χ3n) is 3.56. The van der Waals surface area contributed by atoms with E-state index < -0.39 is 0 Å². The lowest BCUT2D eigenvalue weighted by Gasteiger charge is -2.08. The Bertz CT molecular complexity index is 901. The SMILES string of the molecule is COc1cc(CNC(=O)CCn2c(-c3cccs3)n[nH]c2=S)ccn1. The van der Waals surface area contributed by atoms with Gasteiger partial charge >= 0.3 is 0 Å². The van der Waals surface area contributed by atoms with E-state index >= 15 is 0 Å². The van der Waals surface area contributed by atoms with Gasteiger partial charge in [0, 0.05) is 31.8 Å². The number of thiophene rings is 1. The van der Waals surface area contributed by atoms with Crippen LogP contribution in [0.25, 0.3) is 10.7 Å².